The average molecular weight is 310 g/mol. The highest BCUT2D eigenvalue weighted by molar-refractivity contribution is 5.86. The zero-order valence-corrected chi connectivity index (χ0v) is 12.1. The highest BCUT2D eigenvalue weighted by atomic mass is 16.5. The quantitative estimate of drug-likeness (QED) is 0.728. The summed E-state index contributed by atoms with van der Waals surface area (Å²) < 4.78 is 10.4. The molecule has 0 spiro atoms. The minimum Gasteiger partial charge on any atom is -0.447 e. The lowest BCUT2D eigenvalue weighted by atomic mass is 10.1. The van der Waals surface area contributed by atoms with Crippen LogP contribution in [0.2, 0.25) is 0 Å². The molecule has 6 nitrogen and oxygen atoms in total. The Kier molecular flexibility index (Phi) is 4.05. The van der Waals surface area contributed by atoms with Crippen LogP contribution in [-0.4, -0.2) is 17.0 Å². The molecule has 0 saturated heterocycles. The molecule has 0 unspecified atom stereocenters. The van der Waals surface area contributed by atoms with Crippen LogP contribution in [0.3, 0.4) is 0 Å². The number of primary amides is 1. The summed E-state index contributed by atoms with van der Waals surface area (Å²) in [6, 6.07) is 15.8. The SMILES string of the molecule is NC(=O)[C@H](OC(=O)Cc1noc2ccccc12)c1ccccc1. The number of rotatable bonds is 5. The Morgan fingerprint density at radius 3 is 2.52 bits per heavy atom. The third kappa shape index (κ3) is 3.21. The maximum Gasteiger partial charge on any atom is 0.313 e. The number of esters is 1. The molecule has 0 bridgehead atoms. The molecule has 3 aromatic rings. The van der Waals surface area contributed by atoms with Gasteiger partial charge in [0.05, 0.1) is 6.42 Å². The van der Waals surface area contributed by atoms with Crippen LogP contribution in [0.5, 0.6) is 0 Å². The van der Waals surface area contributed by atoms with Crippen molar-refractivity contribution in [1.29, 1.82) is 0 Å². The van der Waals surface area contributed by atoms with E-state index in [4.69, 9.17) is 15.0 Å². The summed E-state index contributed by atoms with van der Waals surface area (Å²) in [7, 11) is 0. The van der Waals surface area contributed by atoms with Crippen molar-refractivity contribution in [3.05, 3.63) is 65.9 Å². The van der Waals surface area contributed by atoms with E-state index >= 15 is 0 Å². The second-order valence-corrected chi connectivity index (χ2v) is 4.99. The predicted molar refractivity (Wildman–Crippen MR) is 82.2 cm³/mol. The Bertz CT molecular complexity index is 842. The molecule has 23 heavy (non-hydrogen) atoms. The molecule has 0 aliphatic rings. The molecule has 0 saturated carbocycles. The number of carbonyl (C=O) groups excluding carboxylic acids is 2. The summed E-state index contributed by atoms with van der Waals surface area (Å²) in [5, 5.41) is 4.60. The summed E-state index contributed by atoms with van der Waals surface area (Å²) >= 11 is 0. The molecular weight excluding hydrogens is 296 g/mol. The second-order valence-electron chi connectivity index (χ2n) is 4.99. The lowest BCUT2D eigenvalue weighted by molar-refractivity contribution is -0.154. The molecule has 6 heteroatoms. The van der Waals surface area contributed by atoms with E-state index in [2.05, 4.69) is 5.16 Å². The van der Waals surface area contributed by atoms with Crippen molar-refractivity contribution in [2.24, 2.45) is 5.73 Å². The third-order valence-corrected chi connectivity index (χ3v) is 3.37. The van der Waals surface area contributed by atoms with Crippen LogP contribution in [0.4, 0.5) is 0 Å². The van der Waals surface area contributed by atoms with Crippen LogP contribution in [0.25, 0.3) is 11.0 Å². The van der Waals surface area contributed by atoms with Gasteiger partial charge >= 0.3 is 5.97 Å². The monoisotopic (exact) mass is 310 g/mol. The Morgan fingerprint density at radius 2 is 1.78 bits per heavy atom. The molecular formula is C17H14N2O4. The summed E-state index contributed by atoms with van der Waals surface area (Å²) in [4.78, 5) is 23.7. The Balaban J connectivity index is 1.76. The fraction of sp³-hybridized carbons (Fsp3) is 0.118. The van der Waals surface area contributed by atoms with Gasteiger partial charge in [-0.05, 0) is 12.1 Å². The van der Waals surface area contributed by atoms with Gasteiger partial charge in [-0.1, -0.05) is 47.6 Å². The largest absolute Gasteiger partial charge is 0.447 e. The van der Waals surface area contributed by atoms with E-state index in [1.54, 1.807) is 42.5 Å². The lowest BCUT2D eigenvalue weighted by Gasteiger charge is -2.14. The fourth-order valence-corrected chi connectivity index (χ4v) is 2.29. The van der Waals surface area contributed by atoms with E-state index < -0.39 is 18.0 Å². The van der Waals surface area contributed by atoms with Crippen molar-refractivity contribution in [1.82, 2.24) is 5.16 Å². The second kappa shape index (κ2) is 6.31. The van der Waals surface area contributed by atoms with Gasteiger partial charge in [0, 0.05) is 10.9 Å². The highest BCUT2D eigenvalue weighted by Gasteiger charge is 2.23. The lowest BCUT2D eigenvalue weighted by Crippen LogP contribution is -2.26. The van der Waals surface area contributed by atoms with E-state index in [0.29, 0.717) is 16.8 Å². The highest BCUT2D eigenvalue weighted by Crippen LogP contribution is 2.21. The standard InChI is InChI=1S/C17H14N2O4/c18-17(21)16(11-6-2-1-3-7-11)22-15(20)10-13-12-8-4-5-9-14(12)23-19-13/h1-9,16H,10H2,(H2,18,21)/t16-/m1/s1. The maximum atomic E-state index is 12.1. The van der Waals surface area contributed by atoms with Gasteiger partial charge < -0.3 is 15.0 Å². The van der Waals surface area contributed by atoms with Crippen molar-refractivity contribution >= 4 is 22.8 Å². The van der Waals surface area contributed by atoms with Gasteiger partial charge in [0.2, 0.25) is 6.10 Å². The summed E-state index contributed by atoms with van der Waals surface area (Å²) in [6.07, 6.45) is -1.23. The molecule has 2 N–H and O–H groups in total. The minimum absolute atomic E-state index is 0.104. The molecule has 1 atom stereocenters. The first-order valence-electron chi connectivity index (χ1n) is 7.02. The third-order valence-electron chi connectivity index (χ3n) is 3.37. The molecule has 1 amide bonds. The molecule has 1 heterocycles. The number of para-hydroxylation sites is 1. The smallest absolute Gasteiger partial charge is 0.313 e. The number of aromatic nitrogens is 1. The zero-order valence-electron chi connectivity index (χ0n) is 12.1. The van der Waals surface area contributed by atoms with Crippen molar-refractivity contribution in [3.63, 3.8) is 0 Å². The van der Waals surface area contributed by atoms with Crippen LogP contribution in [0, 0.1) is 0 Å². The molecule has 116 valence electrons. The number of amides is 1. The fourth-order valence-electron chi connectivity index (χ4n) is 2.29. The van der Waals surface area contributed by atoms with E-state index in [0.717, 1.165) is 5.39 Å². The van der Waals surface area contributed by atoms with Gasteiger partial charge in [0.25, 0.3) is 5.91 Å². The van der Waals surface area contributed by atoms with Gasteiger partial charge in [-0.15, -0.1) is 0 Å². The van der Waals surface area contributed by atoms with Crippen LogP contribution in [-0.2, 0) is 20.7 Å². The Morgan fingerprint density at radius 1 is 1.09 bits per heavy atom. The molecule has 0 fully saturated rings. The van der Waals surface area contributed by atoms with Gasteiger partial charge in [-0.25, -0.2) is 0 Å². The molecule has 0 aliphatic heterocycles. The topological polar surface area (TPSA) is 95.4 Å². The molecule has 0 radical (unpaired) electrons. The van der Waals surface area contributed by atoms with Crippen LogP contribution in [0.15, 0.2) is 59.1 Å². The zero-order chi connectivity index (χ0) is 16.2. The van der Waals surface area contributed by atoms with Crippen molar-refractivity contribution in [2.45, 2.75) is 12.5 Å². The van der Waals surface area contributed by atoms with Crippen molar-refractivity contribution in [2.75, 3.05) is 0 Å². The number of nitrogens with two attached hydrogens (primary N) is 1. The summed E-state index contributed by atoms with van der Waals surface area (Å²) in [5.74, 6) is -1.33. The maximum absolute atomic E-state index is 12.1. The first-order valence-corrected chi connectivity index (χ1v) is 7.02. The van der Waals surface area contributed by atoms with E-state index in [9.17, 15) is 9.59 Å². The van der Waals surface area contributed by atoms with Gasteiger partial charge in [-0.2, -0.15) is 0 Å². The number of hydrogen-bond donors (Lipinski definition) is 1. The number of ether oxygens (including phenoxy) is 1. The number of fused-ring (bicyclic) bond motifs is 1. The van der Waals surface area contributed by atoms with Gasteiger partial charge in [0.15, 0.2) is 5.58 Å². The Labute approximate surface area is 131 Å². The van der Waals surface area contributed by atoms with Crippen molar-refractivity contribution in [3.8, 4) is 0 Å². The van der Waals surface area contributed by atoms with Gasteiger partial charge in [-0.3, -0.25) is 9.59 Å². The summed E-state index contributed by atoms with van der Waals surface area (Å²) in [5.41, 5.74) is 6.90. The van der Waals surface area contributed by atoms with E-state index in [1.165, 1.54) is 0 Å². The van der Waals surface area contributed by atoms with E-state index in [-0.39, 0.29) is 6.42 Å². The summed E-state index contributed by atoms with van der Waals surface area (Å²) in [6.45, 7) is 0. The molecule has 3 rings (SSSR count). The van der Waals surface area contributed by atoms with Crippen LogP contribution >= 0.6 is 0 Å². The predicted octanol–water partition coefficient (Wildman–Crippen LogP) is 2.14. The minimum atomic E-state index is -1.12. The van der Waals surface area contributed by atoms with Crippen LogP contribution < -0.4 is 5.73 Å². The average Bonchev–Trinajstić information content (AvgIpc) is 2.96. The number of nitrogens with zero attached hydrogens (tertiary/aromatic N) is 1. The first-order chi connectivity index (χ1) is 11.1. The Hall–Kier alpha value is -3.15. The number of benzene rings is 2. The number of carbonyl (C=O) groups is 2. The van der Waals surface area contributed by atoms with E-state index in [1.807, 2.05) is 12.1 Å². The molecule has 2 aromatic carbocycles. The molecule has 0 aliphatic carbocycles. The van der Waals surface area contributed by atoms with Crippen LogP contribution in [0.1, 0.15) is 17.4 Å². The molecule has 1 aromatic heterocycles. The van der Waals surface area contributed by atoms with Gasteiger partial charge in [0.1, 0.15) is 5.69 Å². The number of hydrogen-bond acceptors (Lipinski definition) is 5. The first kappa shape index (κ1) is 14.8. The van der Waals surface area contributed by atoms with Crippen molar-refractivity contribution < 1.29 is 18.8 Å². The normalized spacial score (nSPS) is 12.0.